The van der Waals surface area contributed by atoms with Crippen LogP contribution in [0.1, 0.15) is 51.1 Å². The van der Waals surface area contributed by atoms with Crippen LogP contribution in [0.15, 0.2) is 67.0 Å². The van der Waals surface area contributed by atoms with Crippen LogP contribution in [0.3, 0.4) is 0 Å². The van der Waals surface area contributed by atoms with Gasteiger partial charge in [0, 0.05) is 118 Å². The Hall–Kier alpha value is -6.38. The SMILES string of the molecule is O=C1CCC(N2Cc3cc(N4CCN(CC5CN(c6ccc(-c7cnc8[nH]cc(C(=O)c9c(F)ccc(NS(=O)(=O)N%10CC[C@@H](F)C%10)c9F)c8c7)cc6F)C5)CC4)ccc3C2=O)C(=O)N1. The maximum absolute atomic E-state index is 15.8. The molecule has 3 N–H and O–H groups in total. The summed E-state index contributed by atoms with van der Waals surface area (Å²) in [6.07, 6.45) is 1.86. The largest absolute Gasteiger partial charge is 0.369 e. The van der Waals surface area contributed by atoms with E-state index in [0.29, 0.717) is 54.4 Å². The van der Waals surface area contributed by atoms with Crippen molar-refractivity contribution >= 4 is 61.8 Å². The Kier molecular flexibility index (Phi) is 10.8. The number of hydrogen-bond acceptors (Lipinski definition) is 10. The lowest BCUT2D eigenvalue weighted by atomic mass is 9.96. The number of H-pyrrole nitrogens is 1. The highest BCUT2D eigenvalue weighted by atomic mass is 32.2. The van der Waals surface area contributed by atoms with Crippen molar-refractivity contribution in [2.24, 2.45) is 5.92 Å². The number of carbonyl (C=O) groups excluding carboxylic acids is 4. The molecule has 5 aliphatic heterocycles. The van der Waals surface area contributed by atoms with Crippen LogP contribution in [0, 0.1) is 23.4 Å². The number of benzene rings is 3. The molecule has 15 nitrogen and oxygen atoms in total. The number of rotatable bonds is 11. The van der Waals surface area contributed by atoms with Gasteiger partial charge < -0.3 is 19.7 Å². The number of nitrogens with one attached hydrogen (secondary N) is 3. The van der Waals surface area contributed by atoms with E-state index >= 15 is 13.2 Å². The van der Waals surface area contributed by atoms with Crippen molar-refractivity contribution in [3.8, 4) is 11.1 Å². The van der Waals surface area contributed by atoms with Gasteiger partial charge in [-0.15, -0.1) is 0 Å². The Balaban J connectivity index is 0.750. The van der Waals surface area contributed by atoms with Gasteiger partial charge >= 0.3 is 10.2 Å². The fourth-order valence-electron chi connectivity index (χ4n) is 9.57. The van der Waals surface area contributed by atoms with E-state index in [1.165, 1.54) is 18.5 Å². The zero-order valence-corrected chi connectivity index (χ0v) is 35.6. The third-order valence-electron chi connectivity index (χ3n) is 13.1. The molecule has 0 bridgehead atoms. The second-order valence-electron chi connectivity index (χ2n) is 17.3. The Morgan fingerprint density at radius 2 is 1.66 bits per heavy atom. The lowest BCUT2D eigenvalue weighted by molar-refractivity contribution is -0.136. The minimum atomic E-state index is -4.39. The number of nitrogens with zero attached hydrogens (tertiary/aromatic N) is 6. The summed E-state index contributed by atoms with van der Waals surface area (Å²) >= 11 is 0. The Morgan fingerprint density at radius 3 is 2.40 bits per heavy atom. The molecule has 2 atom stereocenters. The van der Waals surface area contributed by atoms with E-state index in [9.17, 15) is 32.0 Å². The molecule has 338 valence electrons. The monoisotopic (exact) mass is 913 g/mol. The molecule has 0 aliphatic carbocycles. The van der Waals surface area contributed by atoms with Crippen molar-refractivity contribution in [2.45, 2.75) is 38.0 Å². The molecule has 4 saturated heterocycles. The second-order valence-corrected chi connectivity index (χ2v) is 18.9. The number of pyridine rings is 1. The molecule has 1 unspecified atom stereocenters. The lowest BCUT2D eigenvalue weighted by Crippen LogP contribution is -2.55. The standard InChI is InChI=1S/C45H43F4N9O6S/c46-29-9-10-57(24-29)65(63,64)53-36-5-4-34(47)40(41(36)49)42(60)33-19-51-43-32(33)16-27(18-50-43)26-1-6-37(35(48)17-26)56-21-25(22-56)20-54-11-13-55(14-12-54)30-2-3-31-28(15-30)23-58(45(31)62)38-7-8-39(59)52-44(38)61/h1-6,15-19,25,29,38,53H,7-14,20-24H2,(H,50,51)(H,52,59,61)/t29-,38?/m1/s1. The first-order valence-electron chi connectivity index (χ1n) is 21.4. The molecule has 65 heavy (non-hydrogen) atoms. The number of amides is 3. The summed E-state index contributed by atoms with van der Waals surface area (Å²) in [4.78, 5) is 66.3. The van der Waals surface area contributed by atoms with Gasteiger partial charge in [0.2, 0.25) is 17.6 Å². The number of aromatic nitrogens is 2. The quantitative estimate of drug-likeness (QED) is 0.0968. The number of fused-ring (bicyclic) bond motifs is 2. The molecule has 10 rings (SSSR count). The van der Waals surface area contributed by atoms with Crippen LogP contribution in [0.5, 0.6) is 0 Å². The second kappa shape index (κ2) is 16.6. The summed E-state index contributed by atoms with van der Waals surface area (Å²) < 4.78 is 88.7. The molecule has 4 fully saturated rings. The first-order chi connectivity index (χ1) is 31.2. The van der Waals surface area contributed by atoms with E-state index in [4.69, 9.17) is 0 Å². The lowest BCUT2D eigenvalue weighted by Gasteiger charge is -2.45. The van der Waals surface area contributed by atoms with Gasteiger partial charge in [0.05, 0.1) is 16.9 Å². The highest BCUT2D eigenvalue weighted by Gasteiger charge is 2.40. The van der Waals surface area contributed by atoms with Gasteiger partial charge in [0.25, 0.3) is 5.91 Å². The molecule has 2 aromatic heterocycles. The zero-order valence-electron chi connectivity index (χ0n) is 34.8. The zero-order chi connectivity index (χ0) is 45.3. The van der Waals surface area contributed by atoms with Crippen molar-refractivity contribution in [1.29, 1.82) is 0 Å². The molecule has 0 radical (unpaired) electrons. The molecule has 7 heterocycles. The summed E-state index contributed by atoms with van der Waals surface area (Å²) in [6, 6.07) is 13.1. The van der Waals surface area contributed by atoms with Crippen molar-refractivity contribution < 1.29 is 45.2 Å². The number of piperidine rings is 1. The third kappa shape index (κ3) is 7.96. The highest BCUT2D eigenvalue weighted by molar-refractivity contribution is 7.90. The molecule has 20 heteroatoms. The smallest absolute Gasteiger partial charge is 0.301 e. The maximum atomic E-state index is 15.8. The topological polar surface area (TPSA) is 171 Å². The van der Waals surface area contributed by atoms with E-state index in [1.54, 1.807) is 23.1 Å². The molecule has 0 spiro atoms. The maximum Gasteiger partial charge on any atom is 0.301 e. The van der Waals surface area contributed by atoms with Gasteiger partial charge in [-0.3, -0.25) is 34.1 Å². The molecule has 3 amide bonds. The first kappa shape index (κ1) is 42.6. The number of alkyl halides is 1. The van der Waals surface area contributed by atoms with E-state index in [1.807, 2.05) is 27.8 Å². The average Bonchev–Trinajstić information content (AvgIpc) is 4.00. The summed E-state index contributed by atoms with van der Waals surface area (Å²) in [7, 11) is -4.39. The molecule has 5 aliphatic rings. The van der Waals surface area contributed by atoms with Crippen LogP contribution in [-0.2, 0) is 26.3 Å². The summed E-state index contributed by atoms with van der Waals surface area (Å²) in [5, 5.41) is 2.55. The Bertz CT molecular complexity index is 2900. The molecular weight excluding hydrogens is 871 g/mol. The predicted molar refractivity (Wildman–Crippen MR) is 232 cm³/mol. The fourth-order valence-corrected chi connectivity index (χ4v) is 10.8. The summed E-state index contributed by atoms with van der Waals surface area (Å²) in [5.74, 6) is -4.79. The van der Waals surface area contributed by atoms with Crippen LogP contribution >= 0.6 is 0 Å². The van der Waals surface area contributed by atoms with Gasteiger partial charge in [-0.05, 0) is 72.5 Å². The van der Waals surface area contributed by atoms with Crippen LogP contribution in [0.4, 0.5) is 34.6 Å². The number of hydrogen-bond donors (Lipinski definition) is 3. The van der Waals surface area contributed by atoms with Gasteiger partial charge in [-0.2, -0.15) is 12.7 Å². The first-order valence-corrected chi connectivity index (χ1v) is 22.9. The van der Waals surface area contributed by atoms with E-state index < -0.39 is 69.4 Å². The predicted octanol–water partition coefficient (Wildman–Crippen LogP) is 4.60. The number of halogens is 4. The normalized spacial score (nSPS) is 21.0. The number of imide groups is 1. The minimum absolute atomic E-state index is 0.0188. The molecule has 0 saturated carbocycles. The summed E-state index contributed by atoms with van der Waals surface area (Å²) in [5.41, 5.74) is 2.24. The van der Waals surface area contributed by atoms with Crippen LogP contribution in [0.2, 0.25) is 0 Å². The van der Waals surface area contributed by atoms with Crippen molar-refractivity contribution in [1.82, 2.24) is 29.4 Å². The van der Waals surface area contributed by atoms with Gasteiger partial charge in [0.15, 0.2) is 5.82 Å². The van der Waals surface area contributed by atoms with Crippen LogP contribution in [0.25, 0.3) is 22.2 Å². The van der Waals surface area contributed by atoms with Gasteiger partial charge in [-0.1, -0.05) is 6.07 Å². The van der Waals surface area contributed by atoms with Crippen LogP contribution < -0.4 is 19.8 Å². The van der Waals surface area contributed by atoms with Crippen LogP contribution in [-0.4, -0.2) is 127 Å². The van der Waals surface area contributed by atoms with Crippen molar-refractivity contribution in [3.05, 3.63) is 107 Å². The Morgan fingerprint density at radius 1 is 0.862 bits per heavy atom. The number of carbonyl (C=O) groups is 4. The molecular formula is C45H43F4N9O6S. The summed E-state index contributed by atoms with van der Waals surface area (Å²) in [6.45, 7) is 5.27. The van der Waals surface area contributed by atoms with Crippen molar-refractivity contribution in [3.63, 3.8) is 0 Å². The number of anilines is 3. The minimum Gasteiger partial charge on any atom is -0.369 e. The third-order valence-corrected chi connectivity index (χ3v) is 14.6. The number of aromatic amines is 1. The van der Waals surface area contributed by atoms with E-state index in [-0.39, 0.29) is 47.8 Å². The number of ketones is 1. The molecule has 3 aromatic carbocycles. The van der Waals surface area contributed by atoms with Gasteiger partial charge in [-0.25, -0.2) is 22.5 Å². The van der Waals surface area contributed by atoms with E-state index in [0.717, 1.165) is 60.4 Å². The van der Waals surface area contributed by atoms with E-state index in [2.05, 4.69) is 25.1 Å². The molecule has 5 aromatic rings. The van der Waals surface area contributed by atoms with Gasteiger partial charge in [0.1, 0.15) is 29.5 Å². The fraction of sp³-hybridized carbons (Fsp3) is 0.356. The van der Waals surface area contributed by atoms with Crippen molar-refractivity contribution in [2.75, 3.05) is 73.4 Å². The Labute approximate surface area is 370 Å². The number of piperazine rings is 1. The average molecular weight is 914 g/mol. The highest BCUT2D eigenvalue weighted by Crippen LogP contribution is 2.35.